The van der Waals surface area contributed by atoms with E-state index in [1.165, 1.54) is 11.8 Å². The molecule has 0 aromatic rings. The molecule has 65 heavy (non-hydrogen) atoms. The number of nitrogens with zero attached hydrogens (tertiary/aromatic N) is 1. The van der Waals surface area contributed by atoms with Crippen LogP contribution in [0.4, 0.5) is 0 Å². The minimum Gasteiger partial charge on any atom is -0.480 e. The van der Waals surface area contributed by atoms with Crippen LogP contribution < -0.4 is 65.9 Å². The van der Waals surface area contributed by atoms with E-state index in [1.54, 1.807) is 13.8 Å². The maximum Gasteiger partial charge on any atom is 0.326 e. The molecule has 0 aliphatic carbocycles. The molecule has 1 rings (SSSR count). The molecule has 0 radical (unpaired) electrons. The first kappa shape index (κ1) is 57.9. The van der Waals surface area contributed by atoms with Gasteiger partial charge in [0.15, 0.2) is 5.96 Å². The van der Waals surface area contributed by atoms with Crippen molar-refractivity contribution in [3.8, 4) is 0 Å². The molecule has 0 aromatic heterocycles. The zero-order valence-corrected chi connectivity index (χ0v) is 38.7. The van der Waals surface area contributed by atoms with Gasteiger partial charge >= 0.3 is 5.97 Å². The first-order valence-corrected chi connectivity index (χ1v) is 23.1. The van der Waals surface area contributed by atoms with Crippen LogP contribution in [0.3, 0.4) is 0 Å². The molecule has 0 spiro atoms. The summed E-state index contributed by atoms with van der Waals surface area (Å²) in [4.78, 5) is 109. The Balaban J connectivity index is 3.46. The molecular weight excluding hydrogens is 845 g/mol. The number of hydrogen-bond donors (Lipinski definition) is 14. The topological polar surface area (TPSA) is 398 Å². The van der Waals surface area contributed by atoms with Gasteiger partial charge in [-0.2, -0.15) is 0 Å². The molecule has 0 bridgehead atoms. The smallest absolute Gasteiger partial charge is 0.326 e. The van der Waals surface area contributed by atoms with Crippen LogP contribution in [0, 0.1) is 11.3 Å². The van der Waals surface area contributed by atoms with Crippen LogP contribution >= 0.6 is 0 Å². The Morgan fingerprint density at radius 3 is 1.26 bits per heavy atom. The molecule has 0 unspecified atom stereocenters. The lowest BCUT2D eigenvalue weighted by molar-refractivity contribution is -0.143. The van der Waals surface area contributed by atoms with E-state index in [-0.39, 0.29) is 56.9 Å². The number of carbonyl (C=O) groups is 8. The summed E-state index contributed by atoms with van der Waals surface area (Å²) in [7, 11) is 0. The summed E-state index contributed by atoms with van der Waals surface area (Å²) < 4.78 is 0. The molecule has 23 heteroatoms. The van der Waals surface area contributed by atoms with E-state index in [4.69, 9.17) is 34.1 Å². The Hall–Kier alpha value is -5.13. The van der Waals surface area contributed by atoms with Crippen LogP contribution in [0.2, 0.25) is 0 Å². The number of rotatable bonds is 34. The summed E-state index contributed by atoms with van der Waals surface area (Å²) in [5.74, 6) is -6.32. The fraction of sp³-hybridized carbons (Fsp3) is 0.786. The number of nitrogens with two attached hydrogens (primary N) is 5. The fourth-order valence-corrected chi connectivity index (χ4v) is 7.39. The molecule has 7 amide bonds. The number of nitrogens with one attached hydrogen (secondary N) is 8. The summed E-state index contributed by atoms with van der Waals surface area (Å²) in [6.07, 6.45) is 5.71. The van der Waals surface area contributed by atoms with Crippen molar-refractivity contribution >= 4 is 53.3 Å². The van der Waals surface area contributed by atoms with Crippen LogP contribution in [0.25, 0.3) is 0 Å². The first-order chi connectivity index (χ1) is 30.9. The molecule has 1 aliphatic rings. The maximum atomic E-state index is 14.2. The zero-order chi connectivity index (χ0) is 48.9. The lowest BCUT2D eigenvalue weighted by atomic mass is 10.0. The van der Waals surface area contributed by atoms with Crippen LogP contribution in [-0.2, 0) is 38.4 Å². The highest BCUT2D eigenvalue weighted by molar-refractivity contribution is 5.97. The van der Waals surface area contributed by atoms with Gasteiger partial charge in [0.25, 0.3) is 0 Å². The Morgan fingerprint density at radius 1 is 0.585 bits per heavy atom. The van der Waals surface area contributed by atoms with Gasteiger partial charge < -0.3 is 75.9 Å². The Bertz CT molecular complexity index is 1540. The number of carboxylic acids is 1. The fourth-order valence-electron chi connectivity index (χ4n) is 7.39. The lowest BCUT2D eigenvalue weighted by Crippen LogP contribution is -2.60. The number of carbonyl (C=O) groups excluding carboxylic acids is 7. The molecule has 1 fully saturated rings. The van der Waals surface area contributed by atoms with E-state index in [9.17, 15) is 43.5 Å². The summed E-state index contributed by atoms with van der Waals surface area (Å²) in [5.41, 5.74) is 28.3. The zero-order valence-electron chi connectivity index (χ0n) is 38.7. The quantitative estimate of drug-likeness (QED) is 0.0179. The third-order valence-corrected chi connectivity index (χ3v) is 11.1. The predicted molar refractivity (Wildman–Crippen MR) is 245 cm³/mol. The van der Waals surface area contributed by atoms with E-state index in [0.717, 1.165) is 0 Å². The SMILES string of the molecule is CC(=O)N1CCC[C@H]1C(=O)N[C@@H](CCCCN)C(=O)N[C@@H](CCCCN)C(=O)N[C@@H](CCCCN)C(=O)N[C@@H](CCCNC(=N)N)C(=O)N[C@@H](CCCCN)C(=O)N[C@H](C(=O)O)C(C)C. The molecule has 0 aromatic carbocycles. The average molecular weight is 925 g/mol. The van der Waals surface area contributed by atoms with Gasteiger partial charge in [-0.25, -0.2) is 4.79 Å². The van der Waals surface area contributed by atoms with E-state index in [0.29, 0.717) is 96.9 Å². The minimum atomic E-state index is -1.27. The van der Waals surface area contributed by atoms with Crippen molar-refractivity contribution in [2.24, 2.45) is 34.6 Å². The largest absolute Gasteiger partial charge is 0.480 e. The highest BCUT2D eigenvalue weighted by Crippen LogP contribution is 2.18. The predicted octanol–water partition coefficient (Wildman–Crippen LogP) is -2.57. The molecule has 19 N–H and O–H groups in total. The number of guanidine groups is 1. The number of carboxylic acid groups (broad SMARTS) is 1. The van der Waals surface area contributed by atoms with Crippen LogP contribution in [0.5, 0.6) is 0 Å². The van der Waals surface area contributed by atoms with Crippen molar-refractivity contribution in [3.05, 3.63) is 0 Å². The number of unbranched alkanes of at least 4 members (excludes halogenated alkanes) is 4. The van der Waals surface area contributed by atoms with Gasteiger partial charge in [0.05, 0.1) is 0 Å². The molecule has 372 valence electrons. The Morgan fingerprint density at radius 2 is 0.938 bits per heavy atom. The van der Waals surface area contributed by atoms with Crippen molar-refractivity contribution in [1.29, 1.82) is 5.41 Å². The molecule has 0 saturated carbocycles. The standard InChI is InChI=1S/C42H80N14O9/c1-26(2)34(41(64)65)55-39(62)31(17-7-11-23-46)52-38(61)32(18-12-24-49-42(47)48)53-36(59)29(15-5-9-21-44)50-35(58)28(14-4-8-20-43)51-37(60)30(16-6-10-22-45)54-40(63)33-19-13-25-56(33)27(3)57/h26,28-34H,4-25,43-46H2,1-3H3,(H,50,58)(H,51,60)(H,52,61)(H,53,59)(H,54,63)(H,55,62)(H,64,65)(H4,47,48,49)/t28-,29-,30-,31-,32-,33-,34-/m0/s1. The summed E-state index contributed by atoms with van der Waals surface area (Å²) in [6, 6.07) is -7.88. The van der Waals surface area contributed by atoms with E-state index >= 15 is 0 Å². The monoisotopic (exact) mass is 925 g/mol. The van der Waals surface area contributed by atoms with Crippen molar-refractivity contribution in [3.63, 3.8) is 0 Å². The van der Waals surface area contributed by atoms with E-state index in [2.05, 4.69) is 37.2 Å². The summed E-state index contributed by atoms with van der Waals surface area (Å²) >= 11 is 0. The van der Waals surface area contributed by atoms with E-state index < -0.39 is 89.6 Å². The van der Waals surface area contributed by atoms with Gasteiger partial charge in [0.2, 0.25) is 41.4 Å². The van der Waals surface area contributed by atoms with Gasteiger partial charge in [-0.15, -0.1) is 0 Å². The third kappa shape index (κ3) is 22.6. The second-order valence-corrected chi connectivity index (χ2v) is 16.9. The van der Waals surface area contributed by atoms with Gasteiger partial charge in [-0.3, -0.25) is 39.0 Å². The van der Waals surface area contributed by atoms with Gasteiger partial charge in [-0.05, 0) is 135 Å². The van der Waals surface area contributed by atoms with E-state index in [1.807, 2.05) is 0 Å². The van der Waals surface area contributed by atoms with Crippen molar-refractivity contribution < 1.29 is 43.5 Å². The second-order valence-electron chi connectivity index (χ2n) is 16.9. The maximum absolute atomic E-state index is 14.2. The third-order valence-electron chi connectivity index (χ3n) is 11.1. The molecule has 23 nitrogen and oxygen atoms in total. The highest BCUT2D eigenvalue weighted by Gasteiger charge is 2.36. The number of likely N-dealkylation sites (tertiary alicyclic amines) is 1. The summed E-state index contributed by atoms with van der Waals surface area (Å²) in [6.45, 7) is 6.50. The first-order valence-electron chi connectivity index (χ1n) is 23.1. The van der Waals surface area contributed by atoms with Crippen LogP contribution in [-0.4, -0.2) is 145 Å². The Kier molecular flexibility index (Phi) is 29.0. The number of hydrogen-bond acceptors (Lipinski definition) is 13. The van der Waals surface area contributed by atoms with Crippen LogP contribution in [0.15, 0.2) is 0 Å². The molecule has 1 aliphatic heterocycles. The summed E-state index contributed by atoms with van der Waals surface area (Å²) in [5, 5.41) is 36.1. The van der Waals surface area contributed by atoms with Crippen molar-refractivity contribution in [2.75, 3.05) is 39.3 Å². The lowest BCUT2D eigenvalue weighted by Gasteiger charge is -2.28. The average Bonchev–Trinajstić information content (AvgIpc) is 3.76. The normalized spacial score (nSPS) is 16.2. The molecule has 1 saturated heterocycles. The number of aliphatic carboxylic acids is 1. The second kappa shape index (κ2) is 32.5. The molecular formula is C42H80N14O9. The highest BCUT2D eigenvalue weighted by atomic mass is 16.4. The Labute approximate surface area is 383 Å². The van der Waals surface area contributed by atoms with Gasteiger partial charge in [0.1, 0.15) is 42.3 Å². The van der Waals surface area contributed by atoms with Crippen molar-refractivity contribution in [1.82, 2.24) is 42.1 Å². The molecule has 7 atom stereocenters. The van der Waals surface area contributed by atoms with Gasteiger partial charge in [0, 0.05) is 20.0 Å². The van der Waals surface area contributed by atoms with Crippen molar-refractivity contribution in [2.45, 2.75) is 166 Å². The van der Waals surface area contributed by atoms with Gasteiger partial charge in [-0.1, -0.05) is 13.8 Å². The number of amides is 7. The minimum absolute atomic E-state index is 0.00226. The molecule has 1 heterocycles. The van der Waals surface area contributed by atoms with Crippen LogP contribution in [0.1, 0.15) is 124 Å².